The molecule has 3 nitrogen and oxygen atoms in total. The van der Waals surface area contributed by atoms with Crippen molar-refractivity contribution in [1.29, 1.82) is 0 Å². The molecule has 33 heavy (non-hydrogen) atoms. The number of carbonyl (C=O) groups excluding carboxylic acids is 1. The van der Waals surface area contributed by atoms with E-state index >= 15 is 0 Å². The van der Waals surface area contributed by atoms with E-state index in [1.54, 1.807) is 0 Å². The summed E-state index contributed by atoms with van der Waals surface area (Å²) in [5.74, 6) is 0.759. The van der Waals surface area contributed by atoms with Gasteiger partial charge in [-0.25, -0.2) is 0 Å². The monoisotopic (exact) mass is 462 g/mol. The van der Waals surface area contributed by atoms with Crippen molar-refractivity contribution in [1.82, 2.24) is 4.90 Å². The van der Waals surface area contributed by atoms with Crippen LogP contribution in [0.1, 0.15) is 62.6 Å². The summed E-state index contributed by atoms with van der Waals surface area (Å²) in [7, 11) is 2.10. The molecule has 0 saturated heterocycles. The lowest BCUT2D eigenvalue weighted by molar-refractivity contribution is -0.137. The van der Waals surface area contributed by atoms with E-state index < -0.39 is 11.7 Å². The molecule has 0 aliphatic heterocycles. The highest BCUT2D eigenvalue weighted by Gasteiger charge is 2.29. The Labute approximate surface area is 196 Å². The van der Waals surface area contributed by atoms with Gasteiger partial charge in [-0.15, -0.1) is 0 Å². The summed E-state index contributed by atoms with van der Waals surface area (Å²) in [6.07, 6.45) is 2.36. The van der Waals surface area contributed by atoms with Crippen molar-refractivity contribution in [2.24, 2.45) is 5.92 Å². The van der Waals surface area contributed by atoms with E-state index in [0.29, 0.717) is 6.54 Å². The molecule has 1 aliphatic carbocycles. The first-order valence-electron chi connectivity index (χ1n) is 11.5. The fourth-order valence-electron chi connectivity index (χ4n) is 3.88. The molecular formula is C27H37F3N2O. The van der Waals surface area contributed by atoms with Crippen LogP contribution in [0.4, 0.5) is 18.9 Å². The summed E-state index contributed by atoms with van der Waals surface area (Å²) < 4.78 is 37.9. The van der Waals surface area contributed by atoms with E-state index in [1.165, 1.54) is 44.2 Å². The van der Waals surface area contributed by atoms with Gasteiger partial charge in [0.1, 0.15) is 6.79 Å². The van der Waals surface area contributed by atoms with Gasteiger partial charge in [0, 0.05) is 31.5 Å². The average Bonchev–Trinajstić information content (AvgIpc) is 2.85. The molecule has 0 radical (unpaired) electrons. The molecule has 1 N–H and O–H groups in total. The number of nitrogens with zero attached hydrogens (tertiary/aromatic N) is 1. The first-order valence-corrected chi connectivity index (χ1v) is 11.5. The molecule has 1 saturated carbocycles. The van der Waals surface area contributed by atoms with Crippen molar-refractivity contribution in [2.75, 3.05) is 18.9 Å². The Hall–Kier alpha value is -2.76. The van der Waals surface area contributed by atoms with E-state index in [2.05, 4.69) is 23.8 Å². The van der Waals surface area contributed by atoms with Crippen molar-refractivity contribution in [3.05, 3.63) is 71.8 Å². The van der Waals surface area contributed by atoms with E-state index in [-0.39, 0.29) is 0 Å². The van der Waals surface area contributed by atoms with Gasteiger partial charge in [-0.05, 0) is 54.2 Å². The van der Waals surface area contributed by atoms with Crippen LogP contribution in [0, 0.1) is 5.92 Å². The van der Waals surface area contributed by atoms with Crippen molar-refractivity contribution < 1.29 is 18.0 Å². The normalized spacial score (nSPS) is 13.6. The highest BCUT2D eigenvalue weighted by Crippen LogP contribution is 2.29. The van der Waals surface area contributed by atoms with Crippen molar-refractivity contribution in [3.63, 3.8) is 0 Å². The number of benzene rings is 2. The zero-order valence-electron chi connectivity index (χ0n) is 20.0. The lowest BCUT2D eigenvalue weighted by Gasteiger charge is -2.29. The number of halogens is 3. The Balaban J connectivity index is 0.00000129. The van der Waals surface area contributed by atoms with Gasteiger partial charge >= 0.3 is 6.18 Å². The Morgan fingerprint density at radius 2 is 1.52 bits per heavy atom. The molecule has 0 bridgehead atoms. The van der Waals surface area contributed by atoms with Gasteiger partial charge in [-0.2, -0.15) is 13.2 Å². The minimum absolute atomic E-state index is 0.472. The molecule has 0 amide bonds. The van der Waals surface area contributed by atoms with Crippen LogP contribution >= 0.6 is 0 Å². The second kappa shape index (κ2) is 14.4. The third-order valence-corrected chi connectivity index (χ3v) is 5.71. The fourth-order valence-corrected chi connectivity index (χ4v) is 3.88. The van der Waals surface area contributed by atoms with Crippen LogP contribution in [-0.4, -0.2) is 25.3 Å². The lowest BCUT2D eigenvalue weighted by Crippen LogP contribution is -2.25. The van der Waals surface area contributed by atoms with E-state index in [1.807, 2.05) is 44.9 Å². The molecule has 1 fully saturated rings. The van der Waals surface area contributed by atoms with Crippen LogP contribution in [0.25, 0.3) is 5.70 Å². The molecule has 0 atom stereocenters. The number of alkyl halides is 3. The largest absolute Gasteiger partial charge is 0.416 e. The predicted molar refractivity (Wildman–Crippen MR) is 132 cm³/mol. The Morgan fingerprint density at radius 3 is 2.03 bits per heavy atom. The number of nitrogens with one attached hydrogen (secondary N) is 1. The van der Waals surface area contributed by atoms with Crippen LogP contribution in [0.3, 0.4) is 0 Å². The van der Waals surface area contributed by atoms with Gasteiger partial charge in [0.05, 0.1) is 5.56 Å². The first kappa shape index (κ1) is 28.3. The van der Waals surface area contributed by atoms with E-state index in [4.69, 9.17) is 4.79 Å². The maximum atomic E-state index is 12.6. The molecule has 0 unspecified atom stereocenters. The summed E-state index contributed by atoms with van der Waals surface area (Å²) in [5.41, 5.74) is 3.21. The molecule has 6 heteroatoms. The van der Waals surface area contributed by atoms with Gasteiger partial charge < -0.3 is 15.0 Å². The zero-order valence-corrected chi connectivity index (χ0v) is 20.0. The number of hydrogen-bond acceptors (Lipinski definition) is 3. The maximum Gasteiger partial charge on any atom is 0.416 e. The molecule has 0 spiro atoms. The number of rotatable bonds is 7. The Bertz CT molecular complexity index is 811. The second-order valence-corrected chi connectivity index (χ2v) is 7.96. The second-order valence-electron chi connectivity index (χ2n) is 7.96. The summed E-state index contributed by atoms with van der Waals surface area (Å²) >= 11 is 0. The molecule has 0 aromatic heterocycles. The van der Waals surface area contributed by atoms with Crippen molar-refractivity contribution in [2.45, 2.75) is 58.7 Å². The van der Waals surface area contributed by atoms with Gasteiger partial charge in [-0.3, -0.25) is 0 Å². The maximum absolute atomic E-state index is 12.6. The summed E-state index contributed by atoms with van der Waals surface area (Å²) in [6, 6.07) is 13.3. The smallest absolute Gasteiger partial charge is 0.381 e. The Morgan fingerprint density at radius 1 is 0.970 bits per heavy atom. The highest BCUT2D eigenvalue weighted by atomic mass is 19.4. The topological polar surface area (TPSA) is 32.3 Å². The minimum Gasteiger partial charge on any atom is -0.381 e. The molecule has 3 rings (SSSR count). The average molecular weight is 463 g/mol. The molecule has 182 valence electrons. The molecule has 2 aromatic carbocycles. The zero-order chi connectivity index (χ0) is 24.9. The third kappa shape index (κ3) is 9.32. The number of hydrogen-bond donors (Lipinski definition) is 1. The van der Waals surface area contributed by atoms with E-state index in [9.17, 15) is 13.2 Å². The lowest BCUT2D eigenvalue weighted by atomic mass is 9.89. The van der Waals surface area contributed by atoms with E-state index in [0.717, 1.165) is 47.1 Å². The van der Waals surface area contributed by atoms with Crippen LogP contribution in [0.5, 0.6) is 0 Å². The molecular weight excluding hydrogens is 425 g/mol. The van der Waals surface area contributed by atoms with Crippen LogP contribution in [0.2, 0.25) is 0 Å². The van der Waals surface area contributed by atoms with Crippen LogP contribution in [-0.2, 0) is 17.5 Å². The van der Waals surface area contributed by atoms with Gasteiger partial charge in [0.25, 0.3) is 0 Å². The minimum atomic E-state index is -4.30. The number of anilines is 1. The van der Waals surface area contributed by atoms with Crippen LogP contribution < -0.4 is 5.32 Å². The number of carbonyl (C=O) groups is 1. The SMILES string of the molecule is C=C(c1ccc(NCc2ccc(C(F)(F)F)cc2)cc1)N(C)CC1CCCCC1.C=O.CC. The van der Waals surface area contributed by atoms with Gasteiger partial charge in [0.2, 0.25) is 0 Å². The predicted octanol–water partition coefficient (Wildman–Crippen LogP) is 7.64. The quantitative estimate of drug-likeness (QED) is 0.459. The summed E-state index contributed by atoms with van der Waals surface area (Å²) in [6.45, 7) is 11.8. The highest BCUT2D eigenvalue weighted by molar-refractivity contribution is 5.64. The first-order chi connectivity index (χ1) is 15.8. The third-order valence-electron chi connectivity index (χ3n) is 5.71. The summed E-state index contributed by atoms with van der Waals surface area (Å²) in [4.78, 5) is 10.3. The van der Waals surface area contributed by atoms with Crippen molar-refractivity contribution in [3.8, 4) is 0 Å². The molecule has 0 heterocycles. The molecule has 1 aliphatic rings. The van der Waals surface area contributed by atoms with Crippen molar-refractivity contribution >= 4 is 18.2 Å². The standard InChI is InChI=1S/C24H29F3N2.C2H6.CH2O/c1-18(29(2)17-20-6-4-3-5-7-20)21-10-14-23(15-11-21)28-16-19-8-12-22(13-9-19)24(25,26)27;2*1-2/h8-15,20,28H,1,3-7,16-17H2,2H3;1-2H3;1H2. The molecule has 2 aromatic rings. The Kier molecular flexibility index (Phi) is 12.3. The summed E-state index contributed by atoms with van der Waals surface area (Å²) in [5, 5.41) is 3.26. The fraction of sp³-hybridized carbons (Fsp3) is 0.444. The van der Waals surface area contributed by atoms with Gasteiger partial charge in [0.15, 0.2) is 0 Å². The van der Waals surface area contributed by atoms with Gasteiger partial charge in [-0.1, -0.05) is 64.0 Å². The van der Waals surface area contributed by atoms with Crippen LogP contribution in [0.15, 0.2) is 55.1 Å².